The van der Waals surface area contributed by atoms with Gasteiger partial charge in [-0.1, -0.05) is 18.9 Å². The molecule has 3 heterocycles. The summed E-state index contributed by atoms with van der Waals surface area (Å²) in [6.07, 6.45) is 5.16. The van der Waals surface area contributed by atoms with Crippen LogP contribution in [-0.4, -0.2) is 47.4 Å². The predicted molar refractivity (Wildman–Crippen MR) is 114 cm³/mol. The van der Waals surface area contributed by atoms with E-state index in [9.17, 15) is 0 Å². The van der Waals surface area contributed by atoms with Gasteiger partial charge in [-0.05, 0) is 36.6 Å². The summed E-state index contributed by atoms with van der Waals surface area (Å²) in [5.41, 5.74) is 3.21. The van der Waals surface area contributed by atoms with Crippen molar-refractivity contribution in [3.05, 3.63) is 58.8 Å². The van der Waals surface area contributed by atoms with Crippen LogP contribution in [0.15, 0.2) is 30.5 Å². The lowest BCUT2D eigenvalue weighted by atomic mass is 9.76. The molecule has 2 fully saturated rings. The summed E-state index contributed by atoms with van der Waals surface area (Å²) in [5.74, 6) is -0.510. The molecule has 5 nitrogen and oxygen atoms in total. The maximum atomic E-state index is 15.5. The lowest BCUT2D eigenvalue weighted by Crippen LogP contribution is -2.50. The quantitative estimate of drug-likeness (QED) is 0.652. The normalized spacial score (nSPS) is 24.2. The summed E-state index contributed by atoms with van der Waals surface area (Å²) in [6.45, 7) is 2.16. The molecule has 0 amide bonds. The first-order chi connectivity index (χ1) is 15.1. The van der Waals surface area contributed by atoms with E-state index < -0.39 is 11.6 Å². The van der Waals surface area contributed by atoms with Gasteiger partial charge in [-0.25, -0.2) is 8.78 Å². The van der Waals surface area contributed by atoms with Crippen molar-refractivity contribution in [1.29, 1.82) is 0 Å². The third kappa shape index (κ3) is 3.31. The molecule has 2 N–H and O–H groups in total. The molecule has 162 valence electrons. The van der Waals surface area contributed by atoms with Crippen LogP contribution in [0.1, 0.15) is 41.9 Å². The van der Waals surface area contributed by atoms with Gasteiger partial charge < -0.3 is 10.1 Å². The molecular weight excluding hydrogens is 398 g/mol. The Morgan fingerprint density at radius 1 is 1.16 bits per heavy atom. The molecule has 2 aliphatic heterocycles. The van der Waals surface area contributed by atoms with Crippen LogP contribution in [0.25, 0.3) is 10.9 Å². The third-order valence-electron chi connectivity index (χ3n) is 7.15. The largest absolute Gasteiger partial charge is 0.488 e. The fourth-order valence-electron chi connectivity index (χ4n) is 5.21. The molecule has 31 heavy (non-hydrogen) atoms. The van der Waals surface area contributed by atoms with Crippen LogP contribution in [0.4, 0.5) is 8.78 Å². The summed E-state index contributed by atoms with van der Waals surface area (Å²) in [5, 5.41) is 11.3. The minimum Gasteiger partial charge on any atom is -0.488 e. The van der Waals surface area contributed by atoms with Crippen molar-refractivity contribution in [3.63, 3.8) is 0 Å². The van der Waals surface area contributed by atoms with Crippen molar-refractivity contribution in [2.24, 2.45) is 5.92 Å². The Morgan fingerprint density at radius 2 is 1.94 bits per heavy atom. The lowest BCUT2D eigenvalue weighted by molar-refractivity contribution is 0.140. The average Bonchev–Trinajstić information content (AvgIpc) is 3.39. The molecule has 7 heteroatoms. The number of H-pyrrole nitrogens is 1. The van der Waals surface area contributed by atoms with Gasteiger partial charge >= 0.3 is 0 Å². The van der Waals surface area contributed by atoms with E-state index in [1.165, 1.54) is 25.0 Å². The summed E-state index contributed by atoms with van der Waals surface area (Å²) in [7, 11) is 2.07. The molecular formula is C24H26F2N4O. The molecule has 1 saturated heterocycles. The van der Waals surface area contributed by atoms with Gasteiger partial charge in [0.25, 0.3) is 0 Å². The van der Waals surface area contributed by atoms with Crippen LogP contribution < -0.4 is 10.1 Å². The van der Waals surface area contributed by atoms with Crippen molar-refractivity contribution in [2.45, 2.75) is 43.9 Å². The number of rotatable bonds is 5. The molecule has 3 aromatic rings. The number of fused-ring (bicyclic) bond motifs is 3. The van der Waals surface area contributed by atoms with Gasteiger partial charge in [0, 0.05) is 54.7 Å². The van der Waals surface area contributed by atoms with Gasteiger partial charge in [0.05, 0.1) is 11.7 Å². The first-order valence-electron chi connectivity index (χ1n) is 11.1. The van der Waals surface area contributed by atoms with Crippen LogP contribution in [0.3, 0.4) is 0 Å². The number of likely N-dealkylation sites (N-methyl/N-ethyl adjacent to an activating group) is 1. The second-order valence-electron chi connectivity index (χ2n) is 9.30. The maximum Gasteiger partial charge on any atom is 0.133 e. The number of hydrogen-bond donors (Lipinski definition) is 2. The summed E-state index contributed by atoms with van der Waals surface area (Å²) in [4.78, 5) is 2.26. The first kappa shape index (κ1) is 19.2. The second kappa shape index (κ2) is 7.28. The van der Waals surface area contributed by atoms with Crippen LogP contribution in [0.2, 0.25) is 0 Å². The average molecular weight is 424 g/mol. The number of benzene rings is 2. The maximum absolute atomic E-state index is 15.5. The van der Waals surface area contributed by atoms with Crippen molar-refractivity contribution < 1.29 is 13.5 Å². The van der Waals surface area contributed by atoms with Crippen LogP contribution in [-0.2, 0) is 6.54 Å². The highest BCUT2D eigenvalue weighted by atomic mass is 19.1. The zero-order chi connectivity index (χ0) is 21.1. The molecule has 0 radical (unpaired) electrons. The van der Waals surface area contributed by atoms with Crippen molar-refractivity contribution >= 4 is 10.9 Å². The van der Waals surface area contributed by atoms with E-state index in [0.717, 1.165) is 35.0 Å². The van der Waals surface area contributed by atoms with Gasteiger partial charge in [-0.2, -0.15) is 5.10 Å². The predicted octanol–water partition coefficient (Wildman–Crippen LogP) is 3.94. The topological polar surface area (TPSA) is 53.2 Å². The first-order valence-corrected chi connectivity index (χ1v) is 11.1. The minimum atomic E-state index is -0.526. The van der Waals surface area contributed by atoms with E-state index in [1.807, 2.05) is 18.3 Å². The number of nitrogens with zero attached hydrogens (tertiary/aromatic N) is 2. The molecule has 6 rings (SSSR count). The molecule has 3 aliphatic rings. The van der Waals surface area contributed by atoms with E-state index in [2.05, 4.69) is 27.5 Å². The Morgan fingerprint density at radius 3 is 2.61 bits per heavy atom. The van der Waals surface area contributed by atoms with Crippen molar-refractivity contribution in [3.8, 4) is 5.75 Å². The van der Waals surface area contributed by atoms with Gasteiger partial charge in [0.1, 0.15) is 23.5 Å². The highest BCUT2D eigenvalue weighted by Gasteiger charge is 2.41. The summed E-state index contributed by atoms with van der Waals surface area (Å²) < 4.78 is 36.7. The SMILES string of the molecule is CN1Cc2c(ccc3[nH]ncc23)[C@@H](c2c(F)cc(OC3CNC3)cc2F)[C@@H]1CC1CC1. The van der Waals surface area contributed by atoms with E-state index in [-0.39, 0.29) is 29.4 Å². The highest BCUT2D eigenvalue weighted by Crippen LogP contribution is 2.47. The van der Waals surface area contributed by atoms with E-state index >= 15 is 8.78 Å². The number of nitrogens with one attached hydrogen (secondary N) is 2. The standard InChI is InChI=1S/C24H26F2N4O/c1-30-12-18-16(4-5-21-17(18)11-28-29-21)23(22(30)6-13-2-3-13)24-19(25)7-14(8-20(24)26)31-15-9-27-10-15/h4-5,7-8,11,13,15,22-23,27H,2-3,6,9-10,12H2,1H3,(H,28,29)/t22-,23+/m0/s1. The Balaban J connectivity index is 1.47. The summed E-state index contributed by atoms with van der Waals surface area (Å²) in [6, 6.07) is 6.77. The Bertz CT molecular complexity index is 1110. The molecule has 0 unspecified atom stereocenters. The number of ether oxygens (including phenoxy) is 1. The molecule has 2 atom stereocenters. The summed E-state index contributed by atoms with van der Waals surface area (Å²) >= 11 is 0. The van der Waals surface area contributed by atoms with Crippen LogP contribution >= 0.6 is 0 Å². The van der Waals surface area contributed by atoms with E-state index in [4.69, 9.17) is 4.74 Å². The van der Waals surface area contributed by atoms with Crippen molar-refractivity contribution in [1.82, 2.24) is 20.4 Å². The van der Waals surface area contributed by atoms with Crippen LogP contribution in [0.5, 0.6) is 5.75 Å². The fraction of sp³-hybridized carbons (Fsp3) is 0.458. The Hall–Kier alpha value is -2.51. The Kier molecular flexibility index (Phi) is 4.51. The fourth-order valence-corrected chi connectivity index (χ4v) is 5.21. The third-order valence-corrected chi connectivity index (χ3v) is 7.15. The second-order valence-corrected chi connectivity index (χ2v) is 9.30. The molecule has 0 spiro atoms. The van der Waals surface area contributed by atoms with E-state index in [1.54, 1.807) is 0 Å². The number of hydrogen-bond acceptors (Lipinski definition) is 4. The van der Waals surface area contributed by atoms with Gasteiger partial charge in [0.15, 0.2) is 0 Å². The van der Waals surface area contributed by atoms with Gasteiger partial charge in [0.2, 0.25) is 0 Å². The lowest BCUT2D eigenvalue weighted by Gasteiger charge is -2.41. The molecule has 0 bridgehead atoms. The molecule has 1 aromatic heterocycles. The number of aromatic amines is 1. The molecule has 1 saturated carbocycles. The monoisotopic (exact) mass is 424 g/mol. The number of aromatic nitrogens is 2. The number of halogens is 2. The zero-order valence-electron chi connectivity index (χ0n) is 17.5. The minimum absolute atomic E-state index is 0.0248. The van der Waals surface area contributed by atoms with Gasteiger partial charge in [-0.15, -0.1) is 0 Å². The molecule has 2 aromatic carbocycles. The van der Waals surface area contributed by atoms with Gasteiger partial charge in [-0.3, -0.25) is 10.00 Å². The van der Waals surface area contributed by atoms with E-state index in [0.29, 0.717) is 19.0 Å². The highest BCUT2D eigenvalue weighted by molar-refractivity contribution is 5.83. The smallest absolute Gasteiger partial charge is 0.133 e. The van der Waals surface area contributed by atoms with Crippen LogP contribution in [0, 0.1) is 17.6 Å². The molecule has 1 aliphatic carbocycles. The zero-order valence-corrected chi connectivity index (χ0v) is 17.5. The van der Waals surface area contributed by atoms with Crippen molar-refractivity contribution in [2.75, 3.05) is 20.1 Å². The Labute approximate surface area is 179 Å².